The molecule has 12 heteroatoms. The average molecular weight is 607 g/mol. The Labute approximate surface area is 228 Å². The molecule has 0 aliphatic carbocycles. The molecule has 0 aromatic heterocycles. The minimum Gasteiger partial charge on any atom is -0.813 e. The fraction of sp³-hybridized carbons (Fsp3) is 0.800. The number of hydrogen-bond acceptors (Lipinski definition) is 8. The fourth-order valence-electron chi connectivity index (χ4n) is 1.45. The molecule has 0 rings (SSSR count). The number of thiol groups is 2. The molecule has 0 saturated carbocycles. The molecule has 0 aromatic carbocycles. The summed E-state index contributed by atoms with van der Waals surface area (Å²) in [6.07, 6.45) is 0. The number of hydrogen-bond donors (Lipinski definition) is 0. The van der Waals surface area contributed by atoms with Gasteiger partial charge in [0.25, 0.3) is 0 Å². The van der Waals surface area contributed by atoms with Crippen LogP contribution in [-0.4, -0.2) is 66.9 Å². The molecule has 0 fully saturated rings. The Balaban J connectivity index is -0.0000000580. The molecule has 3 nitrogen and oxygen atoms in total. The van der Waals surface area contributed by atoms with Crippen LogP contribution in [0.3, 0.4) is 0 Å². The summed E-state index contributed by atoms with van der Waals surface area (Å²) in [4.78, 5) is 5.89. The van der Waals surface area contributed by atoms with Crippen molar-refractivity contribution in [3.8, 4) is 0 Å². The maximum absolute atomic E-state index is 4.76. The molecular formula is C15H32MoN3S8-5. The van der Waals surface area contributed by atoms with Crippen LogP contribution < -0.4 is 0 Å². The molecule has 0 bridgehead atoms. The van der Waals surface area contributed by atoms with Crippen molar-refractivity contribution in [2.45, 2.75) is 41.5 Å². The van der Waals surface area contributed by atoms with E-state index in [1.807, 2.05) is 56.2 Å². The van der Waals surface area contributed by atoms with Crippen LogP contribution in [0.15, 0.2) is 0 Å². The smallest absolute Gasteiger partial charge is 0.0133 e. The summed E-state index contributed by atoms with van der Waals surface area (Å²) in [5.41, 5.74) is 0. The molecule has 0 spiro atoms. The van der Waals surface area contributed by atoms with Crippen LogP contribution in [0.5, 0.6) is 0 Å². The minimum absolute atomic E-state index is 0. The molecule has 0 atom stereocenters. The molecule has 0 amide bonds. The van der Waals surface area contributed by atoms with Crippen molar-refractivity contribution >= 4 is 114 Å². The van der Waals surface area contributed by atoms with Crippen molar-refractivity contribution < 1.29 is 21.1 Å². The molecule has 166 valence electrons. The van der Waals surface area contributed by atoms with Crippen LogP contribution in [0.2, 0.25) is 0 Å². The zero-order valence-electron chi connectivity index (χ0n) is 16.8. The van der Waals surface area contributed by atoms with Crippen LogP contribution in [0.4, 0.5) is 0 Å². The van der Waals surface area contributed by atoms with Gasteiger partial charge in [0.2, 0.25) is 0 Å². The van der Waals surface area contributed by atoms with E-state index in [1.165, 1.54) is 0 Å². The Kier molecular flexibility index (Phi) is 47.4. The maximum atomic E-state index is 4.76. The van der Waals surface area contributed by atoms with E-state index in [0.29, 0.717) is 13.0 Å². The average Bonchev–Trinajstić information content (AvgIpc) is 2.51. The van der Waals surface area contributed by atoms with Gasteiger partial charge in [-0.1, -0.05) is 13.0 Å². The molecule has 0 aliphatic rings. The van der Waals surface area contributed by atoms with E-state index in [1.54, 1.807) is 0 Å². The predicted octanol–water partition coefficient (Wildman–Crippen LogP) is 2.94. The molecule has 0 saturated heterocycles. The van der Waals surface area contributed by atoms with E-state index in [2.05, 4.69) is 0 Å². The Morgan fingerprint density at radius 2 is 0.630 bits per heavy atom. The van der Waals surface area contributed by atoms with E-state index in [0.717, 1.165) is 39.3 Å². The third kappa shape index (κ3) is 27.7. The van der Waals surface area contributed by atoms with Crippen molar-refractivity contribution in [1.29, 1.82) is 0 Å². The van der Waals surface area contributed by atoms with Crippen LogP contribution in [0.1, 0.15) is 41.5 Å². The van der Waals surface area contributed by atoms with Crippen molar-refractivity contribution in [2.75, 3.05) is 39.3 Å². The first-order valence-electron chi connectivity index (χ1n) is 8.04. The second-order valence-electron chi connectivity index (χ2n) is 4.31. The molecule has 0 N–H and O–H groups in total. The van der Waals surface area contributed by atoms with Gasteiger partial charge in [-0.05, 0) is 41.5 Å². The van der Waals surface area contributed by atoms with Crippen molar-refractivity contribution in [3.63, 3.8) is 0 Å². The van der Waals surface area contributed by atoms with E-state index in [-0.39, 0.29) is 48.1 Å². The second kappa shape index (κ2) is 29.9. The Bertz CT molecular complexity index is 298. The van der Waals surface area contributed by atoms with Gasteiger partial charge < -0.3 is 116 Å². The summed E-state index contributed by atoms with van der Waals surface area (Å²) in [5, 5.41) is 0. The SMILES string of the molecule is CCN(CC)C(=S)[S-].CCN(CC)C(=S)[S-].CCN(CC)C(=S)[S-].[Mo].[SH-].[SH-]. The monoisotopic (exact) mass is 608 g/mol. The summed E-state index contributed by atoms with van der Waals surface area (Å²) >= 11 is 28.5. The molecule has 0 aliphatic heterocycles. The van der Waals surface area contributed by atoms with Gasteiger partial charge in [0.05, 0.1) is 0 Å². The van der Waals surface area contributed by atoms with Gasteiger partial charge in [-0.15, -0.1) is 0 Å². The van der Waals surface area contributed by atoms with Gasteiger partial charge >= 0.3 is 0 Å². The Morgan fingerprint density at radius 1 is 0.519 bits per heavy atom. The first-order chi connectivity index (χ1) is 11.2. The third-order valence-electron chi connectivity index (χ3n) is 3.06. The molecule has 0 unspecified atom stereocenters. The predicted molar refractivity (Wildman–Crippen MR) is 146 cm³/mol. The zero-order chi connectivity index (χ0) is 19.7. The van der Waals surface area contributed by atoms with Gasteiger partial charge in [-0.2, -0.15) is 0 Å². The maximum Gasteiger partial charge on any atom is 0.0133 e. The van der Waals surface area contributed by atoms with E-state index >= 15 is 0 Å². The standard InChI is InChI=1S/3C5H11NS2.Mo.2H2S/c3*1-3-6(4-2)5(7)8;;;/h3*3-4H2,1-2H3,(H,7,8);;2*1H2/p-5. The van der Waals surface area contributed by atoms with E-state index in [9.17, 15) is 0 Å². The Hall–Kier alpha value is 1.72. The topological polar surface area (TPSA) is 9.72 Å². The van der Waals surface area contributed by atoms with Crippen LogP contribution in [0, 0.1) is 0 Å². The summed E-state index contributed by atoms with van der Waals surface area (Å²) < 4.78 is 1.74. The van der Waals surface area contributed by atoms with Crippen LogP contribution in [-0.2, 0) is 85.9 Å². The van der Waals surface area contributed by atoms with Crippen LogP contribution >= 0.6 is 36.7 Å². The summed E-state index contributed by atoms with van der Waals surface area (Å²) in [7, 11) is 0. The third-order valence-corrected chi connectivity index (χ3v) is 4.61. The van der Waals surface area contributed by atoms with Crippen LogP contribution in [0.25, 0.3) is 0 Å². The molecule has 0 radical (unpaired) electrons. The summed E-state index contributed by atoms with van der Waals surface area (Å²) in [6.45, 7) is 17.8. The van der Waals surface area contributed by atoms with Gasteiger partial charge in [0.15, 0.2) is 0 Å². The quantitative estimate of drug-likeness (QED) is 0.191. The van der Waals surface area contributed by atoms with Crippen molar-refractivity contribution in [2.24, 2.45) is 0 Å². The molecule has 0 heterocycles. The largest absolute Gasteiger partial charge is 0.813 e. The number of nitrogens with zero attached hydrogens (tertiary/aromatic N) is 3. The van der Waals surface area contributed by atoms with E-state index in [4.69, 9.17) is 74.5 Å². The first kappa shape index (κ1) is 42.8. The number of thiocarbonyl (C=S) groups is 3. The van der Waals surface area contributed by atoms with Crippen molar-refractivity contribution in [3.05, 3.63) is 0 Å². The number of rotatable bonds is 6. The fourth-order valence-corrected chi connectivity index (χ4v) is 2.99. The Morgan fingerprint density at radius 3 is 0.630 bits per heavy atom. The molecule has 27 heavy (non-hydrogen) atoms. The molecular weight excluding hydrogens is 575 g/mol. The van der Waals surface area contributed by atoms with Gasteiger partial charge in [-0.3, -0.25) is 0 Å². The van der Waals surface area contributed by atoms with Gasteiger partial charge in [0, 0.05) is 60.3 Å². The molecule has 0 aromatic rings. The van der Waals surface area contributed by atoms with Gasteiger partial charge in [0.1, 0.15) is 0 Å². The summed E-state index contributed by atoms with van der Waals surface area (Å²) in [6, 6.07) is 0. The second-order valence-corrected chi connectivity index (χ2v) is 7.41. The zero-order valence-corrected chi connectivity index (χ0v) is 25.5. The van der Waals surface area contributed by atoms with E-state index < -0.39 is 0 Å². The minimum atomic E-state index is 0. The van der Waals surface area contributed by atoms with Crippen molar-refractivity contribution in [1.82, 2.24) is 14.7 Å². The normalized spacial score (nSPS) is 7.78. The first-order valence-corrected chi connectivity index (χ1v) is 10.5. The van der Waals surface area contributed by atoms with Gasteiger partial charge in [-0.25, -0.2) is 0 Å². The summed E-state index contributed by atoms with van der Waals surface area (Å²) in [5.74, 6) is 0.